The van der Waals surface area contributed by atoms with Gasteiger partial charge in [0.25, 0.3) is 0 Å². The predicted octanol–water partition coefficient (Wildman–Crippen LogP) is 3.64. The Bertz CT molecular complexity index is 471. The molecule has 108 valence electrons. The molecule has 2 nitrogen and oxygen atoms in total. The molecule has 1 aliphatic rings. The zero-order valence-electron chi connectivity index (χ0n) is 11.7. The molecule has 0 radical (unpaired) electrons. The molecule has 1 saturated heterocycles. The Kier molecular flexibility index (Phi) is 6.45. The van der Waals surface area contributed by atoms with Crippen molar-refractivity contribution in [2.24, 2.45) is 0 Å². The second-order valence-corrected chi connectivity index (χ2v) is 15.8. The normalized spacial score (nSPS) is 28.9. The van der Waals surface area contributed by atoms with Gasteiger partial charge in [0, 0.05) is 0 Å². The number of benzene rings is 1. The van der Waals surface area contributed by atoms with Crippen LogP contribution < -0.4 is 0 Å². The average molecular weight is 505 g/mol. The van der Waals surface area contributed by atoms with Gasteiger partial charge in [-0.15, -0.1) is 0 Å². The number of ether oxygens (including phenoxy) is 1. The van der Waals surface area contributed by atoms with Gasteiger partial charge in [0.2, 0.25) is 0 Å². The van der Waals surface area contributed by atoms with Crippen molar-refractivity contribution in [3.8, 4) is 0 Å². The van der Waals surface area contributed by atoms with Crippen LogP contribution in [-0.4, -0.2) is 28.3 Å². The van der Waals surface area contributed by atoms with E-state index in [1.165, 1.54) is 0 Å². The summed E-state index contributed by atoms with van der Waals surface area (Å²) in [5.74, 6) is 0.229. The molecule has 0 spiro atoms. The van der Waals surface area contributed by atoms with Crippen molar-refractivity contribution < 1.29 is 36.7 Å². The van der Waals surface area contributed by atoms with Gasteiger partial charge < -0.3 is 0 Å². The molecule has 1 aromatic rings. The van der Waals surface area contributed by atoms with E-state index >= 15 is 0 Å². The van der Waals surface area contributed by atoms with Crippen LogP contribution in [0.3, 0.4) is 0 Å². The molecule has 1 heterocycles. The molecule has 5 atom stereocenters. The van der Waals surface area contributed by atoms with Gasteiger partial charge in [-0.3, -0.25) is 0 Å². The van der Waals surface area contributed by atoms with Crippen LogP contribution in [0.15, 0.2) is 29.2 Å². The van der Waals surface area contributed by atoms with Gasteiger partial charge in [0.05, 0.1) is 0 Å². The Labute approximate surface area is 137 Å². The van der Waals surface area contributed by atoms with Crippen LogP contribution >= 0.6 is 8.25 Å². The van der Waals surface area contributed by atoms with Gasteiger partial charge in [0.1, 0.15) is 0 Å². The SMILES string of the molecule is Cc1ccc(S(=O)C[C@H]2O[C@@H]([C@H](C)[Hg][Cl])C[C@H]2F)cc1. The quantitative estimate of drug-likeness (QED) is 0.572. The van der Waals surface area contributed by atoms with E-state index in [-0.39, 0.29) is 11.9 Å². The molecular weight excluding hydrogens is 487 g/mol. The summed E-state index contributed by atoms with van der Waals surface area (Å²) >= 11 is -1.41. The molecule has 0 bridgehead atoms. The molecule has 1 unspecified atom stereocenters. The summed E-state index contributed by atoms with van der Waals surface area (Å²) in [7, 11) is 4.79. The fourth-order valence-corrected chi connectivity index (χ4v) is 7.20. The Balaban J connectivity index is 1.96. The van der Waals surface area contributed by atoms with Crippen LogP contribution in [0.2, 0.25) is 3.43 Å². The molecule has 0 aromatic heterocycles. The van der Waals surface area contributed by atoms with E-state index in [0.717, 1.165) is 10.5 Å². The minimum absolute atomic E-state index is 0.0656. The van der Waals surface area contributed by atoms with Gasteiger partial charge in [-0.2, -0.15) is 0 Å². The van der Waals surface area contributed by atoms with Gasteiger partial charge in [0.15, 0.2) is 0 Å². The number of hydrogen-bond acceptors (Lipinski definition) is 2. The molecule has 0 aliphatic carbocycles. The summed E-state index contributed by atoms with van der Waals surface area (Å²) < 4.78 is 32.3. The molecule has 1 aromatic carbocycles. The summed E-state index contributed by atoms with van der Waals surface area (Å²) in [4.78, 5) is 0.736. The summed E-state index contributed by atoms with van der Waals surface area (Å²) in [6.07, 6.45) is -1.23. The summed E-state index contributed by atoms with van der Waals surface area (Å²) in [6.45, 7) is 4.03. The first-order chi connectivity index (χ1) is 9.51. The van der Waals surface area contributed by atoms with Gasteiger partial charge >= 0.3 is 138 Å². The maximum atomic E-state index is 14.0. The maximum absolute atomic E-state index is 14.0. The molecule has 1 aliphatic heterocycles. The standard InChI is InChI=1S/C14H18FO2S.ClH.Hg/c1-3-11-8-13(15)14(17-11)9-18(16)12-6-4-10(2)5-7-12;;/h3-7,11,13-14H,8-9H2,1-2H3;1H;/q;;+1/p-1/t11-,13+,14+,18?;;/m0../s1. The van der Waals surface area contributed by atoms with E-state index in [1.54, 1.807) is 0 Å². The minimum atomic E-state index is -1.41. The van der Waals surface area contributed by atoms with E-state index in [4.69, 9.17) is 13.0 Å². The average Bonchev–Trinajstić information content (AvgIpc) is 2.80. The number of hydrogen-bond donors (Lipinski definition) is 0. The first-order valence-electron chi connectivity index (χ1n) is 6.81. The number of rotatable bonds is 5. The van der Waals surface area contributed by atoms with E-state index in [9.17, 15) is 8.60 Å². The van der Waals surface area contributed by atoms with Crippen molar-refractivity contribution >= 4 is 19.0 Å². The Morgan fingerprint density at radius 1 is 1.50 bits per heavy atom. The molecule has 2 rings (SSSR count). The second-order valence-electron chi connectivity index (χ2n) is 5.42. The third kappa shape index (κ3) is 4.25. The van der Waals surface area contributed by atoms with E-state index in [1.807, 2.05) is 38.1 Å². The Morgan fingerprint density at radius 3 is 2.75 bits per heavy atom. The van der Waals surface area contributed by atoms with E-state index in [0.29, 0.717) is 9.85 Å². The van der Waals surface area contributed by atoms with Crippen LogP contribution in [-0.2, 0) is 38.9 Å². The fraction of sp³-hybridized carbons (Fsp3) is 0.571. The monoisotopic (exact) mass is 506 g/mol. The third-order valence-corrected chi connectivity index (χ3v) is 13.3. The molecule has 0 saturated carbocycles. The van der Waals surface area contributed by atoms with Gasteiger partial charge in [-0.05, 0) is 0 Å². The van der Waals surface area contributed by atoms with Crippen molar-refractivity contribution in [2.75, 3.05) is 5.75 Å². The van der Waals surface area contributed by atoms with Crippen molar-refractivity contribution in [2.45, 2.75) is 47.0 Å². The number of aryl methyl sites for hydroxylation is 1. The first kappa shape index (κ1) is 16.8. The van der Waals surface area contributed by atoms with Crippen LogP contribution in [0, 0.1) is 6.92 Å². The van der Waals surface area contributed by atoms with Crippen molar-refractivity contribution in [1.82, 2.24) is 0 Å². The predicted molar refractivity (Wildman–Crippen MR) is 75.9 cm³/mol. The van der Waals surface area contributed by atoms with Crippen LogP contribution in [0.25, 0.3) is 0 Å². The fourth-order valence-electron chi connectivity index (χ4n) is 2.28. The third-order valence-electron chi connectivity index (χ3n) is 3.69. The Hall–Kier alpha value is 0.485. The van der Waals surface area contributed by atoms with Crippen LogP contribution in [0.4, 0.5) is 4.39 Å². The summed E-state index contributed by atoms with van der Waals surface area (Å²) in [5, 5.41) is 0. The zero-order valence-corrected chi connectivity index (χ0v) is 18.8. The molecular formula is C14H18ClFHgO2S. The van der Waals surface area contributed by atoms with Crippen molar-refractivity contribution in [1.29, 1.82) is 0 Å². The first-order valence-corrected chi connectivity index (χ1v) is 18.1. The topological polar surface area (TPSA) is 26.3 Å². The zero-order chi connectivity index (χ0) is 14.7. The number of alkyl halides is 1. The summed E-state index contributed by atoms with van der Waals surface area (Å²) in [5.41, 5.74) is 1.12. The molecule has 1 fully saturated rings. The van der Waals surface area contributed by atoms with Crippen LogP contribution in [0.5, 0.6) is 0 Å². The van der Waals surface area contributed by atoms with E-state index in [2.05, 4.69) is 0 Å². The van der Waals surface area contributed by atoms with E-state index < -0.39 is 46.4 Å². The second kappa shape index (κ2) is 7.66. The van der Waals surface area contributed by atoms with Crippen molar-refractivity contribution in [3.63, 3.8) is 0 Å². The summed E-state index contributed by atoms with van der Waals surface area (Å²) in [6, 6.07) is 7.51. The van der Waals surface area contributed by atoms with Gasteiger partial charge in [-0.25, -0.2) is 0 Å². The van der Waals surface area contributed by atoms with Crippen LogP contribution in [0.1, 0.15) is 18.9 Å². The molecule has 20 heavy (non-hydrogen) atoms. The Morgan fingerprint density at radius 2 is 2.15 bits per heavy atom. The molecule has 0 N–H and O–H groups in total. The molecule has 6 heteroatoms. The van der Waals surface area contributed by atoms with Gasteiger partial charge in [-0.1, -0.05) is 0 Å². The van der Waals surface area contributed by atoms with Crippen molar-refractivity contribution in [3.05, 3.63) is 29.8 Å². The molecule has 0 amide bonds. The number of halogens is 2.